The van der Waals surface area contributed by atoms with Crippen LogP contribution in [-0.2, 0) is 11.3 Å². The first-order valence-corrected chi connectivity index (χ1v) is 7.69. The van der Waals surface area contributed by atoms with Gasteiger partial charge in [-0.05, 0) is 42.3 Å². The Kier molecular flexibility index (Phi) is 5.26. The summed E-state index contributed by atoms with van der Waals surface area (Å²) in [7, 11) is 0. The van der Waals surface area contributed by atoms with E-state index in [9.17, 15) is 4.79 Å². The normalized spacial score (nSPS) is 10.3. The number of halogens is 2. The maximum atomic E-state index is 11.0. The fourth-order valence-corrected chi connectivity index (χ4v) is 2.41. The second kappa shape index (κ2) is 6.96. The zero-order valence-corrected chi connectivity index (χ0v) is 14.2. The average Bonchev–Trinajstić information content (AvgIpc) is 2.42. The number of carbonyl (C=O) groups excluding carboxylic acids is 1. The highest BCUT2D eigenvalue weighted by Gasteiger charge is 2.04. The minimum atomic E-state index is -0.136. The summed E-state index contributed by atoms with van der Waals surface area (Å²) in [6, 6.07) is 11.7. The van der Waals surface area contributed by atoms with E-state index in [4.69, 9.17) is 11.6 Å². The number of aryl methyl sites for hydroxylation is 1. The summed E-state index contributed by atoms with van der Waals surface area (Å²) < 4.78 is 1.11. The van der Waals surface area contributed by atoms with E-state index in [0.717, 1.165) is 10.2 Å². The van der Waals surface area contributed by atoms with E-state index in [1.165, 1.54) is 18.1 Å². The Morgan fingerprint density at radius 2 is 2.00 bits per heavy atom. The molecule has 0 bridgehead atoms. The Balaban J connectivity index is 2.04. The van der Waals surface area contributed by atoms with E-state index in [-0.39, 0.29) is 5.91 Å². The summed E-state index contributed by atoms with van der Waals surface area (Å²) in [6.45, 7) is 4.23. The minimum absolute atomic E-state index is 0.136. The average molecular weight is 368 g/mol. The van der Waals surface area contributed by atoms with Crippen LogP contribution in [0.2, 0.25) is 5.02 Å². The van der Waals surface area contributed by atoms with Crippen LogP contribution in [0.25, 0.3) is 0 Å². The highest BCUT2D eigenvalue weighted by Crippen LogP contribution is 2.26. The van der Waals surface area contributed by atoms with Crippen LogP contribution >= 0.6 is 27.5 Å². The molecular weight excluding hydrogens is 352 g/mol. The summed E-state index contributed by atoms with van der Waals surface area (Å²) in [6.07, 6.45) is 0. The molecule has 2 N–H and O–H groups in total. The molecule has 0 aliphatic carbocycles. The van der Waals surface area contributed by atoms with Gasteiger partial charge in [0.1, 0.15) is 0 Å². The smallest absolute Gasteiger partial charge is 0.221 e. The first kappa shape index (κ1) is 15.9. The standard InChI is InChI=1S/C16H16BrClN2O/c1-10-7-12(3-5-14(10)17)9-19-13-4-6-16(15(18)8-13)20-11(2)21/h3-8,19H,9H2,1-2H3,(H,20,21). The predicted octanol–water partition coefficient (Wildman–Crippen LogP) is 4.98. The van der Waals surface area contributed by atoms with E-state index in [1.54, 1.807) is 12.1 Å². The van der Waals surface area contributed by atoms with Crippen molar-refractivity contribution in [3.63, 3.8) is 0 Å². The molecule has 0 saturated carbocycles. The van der Waals surface area contributed by atoms with Gasteiger partial charge in [-0.25, -0.2) is 0 Å². The van der Waals surface area contributed by atoms with Gasteiger partial charge in [-0.2, -0.15) is 0 Å². The Morgan fingerprint density at radius 1 is 1.24 bits per heavy atom. The van der Waals surface area contributed by atoms with Crippen molar-refractivity contribution >= 4 is 44.8 Å². The summed E-state index contributed by atoms with van der Waals surface area (Å²) in [5, 5.41) is 6.52. The minimum Gasteiger partial charge on any atom is -0.381 e. The van der Waals surface area contributed by atoms with Crippen molar-refractivity contribution in [2.24, 2.45) is 0 Å². The van der Waals surface area contributed by atoms with Crippen LogP contribution in [0.3, 0.4) is 0 Å². The highest BCUT2D eigenvalue weighted by molar-refractivity contribution is 9.10. The molecule has 0 aliphatic heterocycles. The number of nitrogens with one attached hydrogen (secondary N) is 2. The molecule has 0 saturated heterocycles. The second-order valence-electron chi connectivity index (χ2n) is 4.81. The van der Waals surface area contributed by atoms with Gasteiger partial charge >= 0.3 is 0 Å². The lowest BCUT2D eigenvalue weighted by molar-refractivity contribution is -0.114. The van der Waals surface area contributed by atoms with E-state index < -0.39 is 0 Å². The van der Waals surface area contributed by atoms with E-state index in [2.05, 4.69) is 45.6 Å². The van der Waals surface area contributed by atoms with Crippen LogP contribution in [0, 0.1) is 6.92 Å². The number of amides is 1. The van der Waals surface area contributed by atoms with Crippen molar-refractivity contribution in [3.05, 3.63) is 57.0 Å². The largest absolute Gasteiger partial charge is 0.381 e. The van der Waals surface area contributed by atoms with Crippen molar-refractivity contribution in [2.75, 3.05) is 10.6 Å². The van der Waals surface area contributed by atoms with Gasteiger partial charge in [0.25, 0.3) is 0 Å². The number of anilines is 2. The number of hydrogen-bond acceptors (Lipinski definition) is 2. The number of benzene rings is 2. The number of rotatable bonds is 4. The third-order valence-corrected chi connectivity index (χ3v) is 4.20. The molecule has 2 rings (SSSR count). The molecule has 0 aromatic heterocycles. The van der Waals surface area contributed by atoms with Gasteiger partial charge in [0, 0.05) is 23.6 Å². The van der Waals surface area contributed by atoms with Gasteiger partial charge < -0.3 is 10.6 Å². The van der Waals surface area contributed by atoms with Gasteiger partial charge in [0.15, 0.2) is 0 Å². The van der Waals surface area contributed by atoms with Gasteiger partial charge in [-0.3, -0.25) is 4.79 Å². The molecule has 0 heterocycles. The molecule has 0 atom stereocenters. The van der Waals surface area contributed by atoms with Crippen LogP contribution in [0.1, 0.15) is 18.1 Å². The van der Waals surface area contributed by atoms with E-state index in [0.29, 0.717) is 17.3 Å². The molecule has 0 fully saturated rings. The second-order valence-corrected chi connectivity index (χ2v) is 6.07. The van der Waals surface area contributed by atoms with Crippen molar-refractivity contribution in [2.45, 2.75) is 20.4 Å². The van der Waals surface area contributed by atoms with Crippen molar-refractivity contribution in [1.29, 1.82) is 0 Å². The monoisotopic (exact) mass is 366 g/mol. The molecule has 0 unspecified atom stereocenters. The fourth-order valence-electron chi connectivity index (χ4n) is 1.94. The van der Waals surface area contributed by atoms with Crippen LogP contribution in [0.5, 0.6) is 0 Å². The molecule has 3 nitrogen and oxygen atoms in total. The molecule has 2 aromatic rings. The van der Waals surface area contributed by atoms with Crippen LogP contribution < -0.4 is 10.6 Å². The molecule has 0 spiro atoms. The van der Waals surface area contributed by atoms with Gasteiger partial charge in [-0.15, -0.1) is 0 Å². The summed E-state index contributed by atoms with van der Waals surface area (Å²) in [4.78, 5) is 11.0. The van der Waals surface area contributed by atoms with Crippen LogP contribution in [-0.4, -0.2) is 5.91 Å². The van der Waals surface area contributed by atoms with Gasteiger partial charge in [0.05, 0.1) is 10.7 Å². The lowest BCUT2D eigenvalue weighted by Gasteiger charge is -2.10. The Labute approximate surface area is 137 Å². The fraction of sp³-hybridized carbons (Fsp3) is 0.188. The summed E-state index contributed by atoms with van der Waals surface area (Å²) >= 11 is 9.63. The highest BCUT2D eigenvalue weighted by atomic mass is 79.9. The molecule has 110 valence electrons. The zero-order valence-electron chi connectivity index (χ0n) is 11.8. The van der Waals surface area contributed by atoms with Crippen molar-refractivity contribution in [1.82, 2.24) is 0 Å². The number of hydrogen-bond donors (Lipinski definition) is 2. The van der Waals surface area contributed by atoms with Crippen LogP contribution in [0.15, 0.2) is 40.9 Å². The van der Waals surface area contributed by atoms with Crippen molar-refractivity contribution in [3.8, 4) is 0 Å². The van der Waals surface area contributed by atoms with E-state index >= 15 is 0 Å². The van der Waals surface area contributed by atoms with E-state index in [1.807, 2.05) is 12.1 Å². The zero-order chi connectivity index (χ0) is 15.4. The first-order chi connectivity index (χ1) is 9.95. The lowest BCUT2D eigenvalue weighted by Crippen LogP contribution is -2.06. The predicted molar refractivity (Wildman–Crippen MR) is 92.0 cm³/mol. The van der Waals surface area contributed by atoms with Crippen LogP contribution in [0.4, 0.5) is 11.4 Å². The molecule has 1 amide bonds. The quantitative estimate of drug-likeness (QED) is 0.800. The summed E-state index contributed by atoms with van der Waals surface area (Å²) in [5.41, 5.74) is 3.93. The lowest BCUT2D eigenvalue weighted by atomic mass is 10.1. The SMILES string of the molecule is CC(=O)Nc1ccc(NCc2ccc(Br)c(C)c2)cc1Cl. The summed E-state index contributed by atoms with van der Waals surface area (Å²) in [5.74, 6) is -0.136. The Morgan fingerprint density at radius 3 is 2.62 bits per heavy atom. The molecular formula is C16H16BrClN2O. The maximum absolute atomic E-state index is 11.0. The molecule has 21 heavy (non-hydrogen) atoms. The van der Waals surface area contributed by atoms with Gasteiger partial charge in [-0.1, -0.05) is 39.7 Å². The van der Waals surface area contributed by atoms with Crippen molar-refractivity contribution < 1.29 is 4.79 Å². The van der Waals surface area contributed by atoms with Gasteiger partial charge in [0.2, 0.25) is 5.91 Å². The maximum Gasteiger partial charge on any atom is 0.221 e. The molecule has 0 radical (unpaired) electrons. The molecule has 2 aromatic carbocycles. The third-order valence-electron chi connectivity index (χ3n) is 3.00. The third kappa shape index (κ3) is 4.48. The number of carbonyl (C=O) groups is 1. The molecule has 5 heteroatoms. The molecule has 0 aliphatic rings. The topological polar surface area (TPSA) is 41.1 Å². The first-order valence-electron chi connectivity index (χ1n) is 6.52. The Hall–Kier alpha value is -1.52. The Bertz CT molecular complexity index is 673.